The fourth-order valence-electron chi connectivity index (χ4n) is 2.24. The van der Waals surface area contributed by atoms with Crippen LogP contribution in [0.15, 0.2) is 15.8 Å². The number of phosphoric acid groups is 1. The number of hydrogen-bond acceptors (Lipinski definition) is 12. The van der Waals surface area contributed by atoms with Crippen molar-refractivity contribution in [3.05, 3.63) is 27.0 Å². The van der Waals surface area contributed by atoms with E-state index in [1.165, 1.54) is 0 Å². The molecule has 1 aliphatic rings. The third-order valence-electron chi connectivity index (χ3n) is 3.40. The molecule has 0 aromatic carbocycles. The van der Waals surface area contributed by atoms with Gasteiger partial charge in [0.15, 0.2) is 6.23 Å². The van der Waals surface area contributed by atoms with Gasteiger partial charge >= 0.3 is 94.4 Å². The van der Waals surface area contributed by atoms with Crippen LogP contribution in [0, 0.1) is 0 Å². The summed E-state index contributed by atoms with van der Waals surface area (Å²) in [7, 11) is -4.48. The van der Waals surface area contributed by atoms with Crippen LogP contribution in [0.1, 0.15) is 6.23 Å². The summed E-state index contributed by atoms with van der Waals surface area (Å²) >= 11 is 0. The molecule has 1 fully saturated rings. The van der Waals surface area contributed by atoms with E-state index in [4.69, 9.17) is 17.0 Å². The van der Waals surface area contributed by atoms with Crippen molar-refractivity contribution in [2.45, 2.75) is 24.5 Å². The van der Waals surface area contributed by atoms with E-state index in [-0.39, 0.29) is 94.4 Å². The molecule has 0 amide bonds. The molecule has 30 heavy (non-hydrogen) atoms. The SMILES string of the molecule is [B-][P@@](=O)(OC[C@H]1O[C@@H](n2cc(OC)c(=O)[nH]c2=O)[C@H](O)[C@@H]1O)OP(=O)([O-])[O-].[Na+].[Na+].[Na+]. The molecule has 2 rings (SSSR count). The Morgan fingerprint density at radius 1 is 1.23 bits per heavy atom. The number of nitrogens with zero attached hydrogens (tertiary/aromatic N) is 1. The summed E-state index contributed by atoms with van der Waals surface area (Å²) in [6, 6.07) is 0. The third kappa shape index (κ3) is 9.17. The van der Waals surface area contributed by atoms with Crippen LogP contribution in [0.2, 0.25) is 0 Å². The summed E-state index contributed by atoms with van der Waals surface area (Å²) in [5.41, 5.74) is -1.84. The monoisotopic (exact) mass is 495 g/mol. The second-order valence-corrected chi connectivity index (χ2v) is 8.16. The molecule has 0 saturated carbocycles. The van der Waals surface area contributed by atoms with E-state index < -0.39 is 57.7 Å². The first-order valence-electron chi connectivity index (χ1n) is 7.02. The Labute approximate surface area is 237 Å². The maximum Gasteiger partial charge on any atom is 1.00 e. The van der Waals surface area contributed by atoms with Crippen LogP contribution in [0.25, 0.3) is 0 Å². The number of ether oxygens (including phenoxy) is 2. The van der Waals surface area contributed by atoms with E-state index >= 15 is 0 Å². The van der Waals surface area contributed by atoms with Gasteiger partial charge in [-0.25, -0.2) is 4.79 Å². The second kappa shape index (κ2) is 13.6. The van der Waals surface area contributed by atoms with Crippen LogP contribution >= 0.6 is 15.3 Å². The van der Waals surface area contributed by atoms with E-state index in [9.17, 15) is 38.7 Å². The van der Waals surface area contributed by atoms with Crippen LogP contribution in [0.5, 0.6) is 5.75 Å². The third-order valence-corrected chi connectivity index (χ3v) is 5.62. The quantitative estimate of drug-likeness (QED) is 0.238. The fourth-order valence-corrected chi connectivity index (χ4v) is 3.90. The van der Waals surface area contributed by atoms with Gasteiger partial charge in [-0.2, -0.15) is 0 Å². The van der Waals surface area contributed by atoms with E-state index in [2.05, 4.69) is 8.83 Å². The maximum absolute atomic E-state index is 11.9. The number of methoxy groups -OCH3 is 1. The van der Waals surface area contributed by atoms with Gasteiger partial charge in [-0.3, -0.25) is 14.3 Å². The molecule has 0 spiro atoms. The van der Waals surface area contributed by atoms with Crippen molar-refractivity contribution in [2.24, 2.45) is 0 Å². The smallest absolute Gasteiger partial charge is 0.790 e. The molecule has 3 radical (unpaired) electrons. The van der Waals surface area contributed by atoms with Crippen molar-refractivity contribution in [1.82, 2.24) is 9.55 Å². The van der Waals surface area contributed by atoms with Crippen LogP contribution in [-0.2, 0) is 22.7 Å². The van der Waals surface area contributed by atoms with E-state index in [1.54, 1.807) is 0 Å². The Balaban J connectivity index is 0. The molecule has 20 heteroatoms. The van der Waals surface area contributed by atoms with Crippen LogP contribution in [0.4, 0.5) is 0 Å². The number of aromatic amines is 1. The molecule has 151 valence electrons. The standard InChI is InChI=1S/C10H15BN2O12P2.3Na/c1-22-4-2-13(10(17)12-8(4)16)9-7(15)6(14)5(24-9)3-23-26(11,18)25-27(19,20)21;;;/h2,5-7,9,14-15H,3H2,1H3,(H,12,16,17)(H2,19,20,21);;;/q-1;3*+1/p-2/t5-,6-,7-,9-,26-;;;/m1.../s1. The van der Waals surface area contributed by atoms with Crippen molar-refractivity contribution in [2.75, 3.05) is 13.7 Å². The maximum atomic E-state index is 11.9. The van der Waals surface area contributed by atoms with Gasteiger partial charge in [-0.15, -0.1) is 0 Å². The zero-order valence-corrected chi connectivity index (χ0v) is 24.3. The minimum atomic E-state index is -5.72. The molecule has 0 unspecified atom stereocenters. The number of H-pyrrole nitrogens is 1. The Kier molecular flexibility index (Phi) is 15.3. The number of aliphatic hydroxyl groups excluding tert-OH is 2. The number of hydrogen-bond donors (Lipinski definition) is 3. The zero-order chi connectivity index (χ0) is 20.6. The van der Waals surface area contributed by atoms with Crippen LogP contribution in [-0.4, -0.2) is 59.4 Å². The van der Waals surface area contributed by atoms with E-state index in [0.717, 1.165) is 17.9 Å². The Bertz CT molecular complexity index is 909. The number of rotatable bonds is 7. The molecular weight excluding hydrogens is 482 g/mol. The van der Waals surface area contributed by atoms with E-state index in [1.807, 2.05) is 4.98 Å². The minimum Gasteiger partial charge on any atom is -0.790 e. The summed E-state index contributed by atoms with van der Waals surface area (Å²) in [6.07, 6.45) is -5.46. The van der Waals surface area contributed by atoms with Crippen molar-refractivity contribution in [3.63, 3.8) is 0 Å². The van der Waals surface area contributed by atoms with Gasteiger partial charge in [0.2, 0.25) is 5.75 Å². The molecule has 3 N–H and O–H groups in total. The Hall–Kier alpha value is 1.72. The van der Waals surface area contributed by atoms with Crippen molar-refractivity contribution >= 4 is 22.9 Å². The minimum absolute atomic E-state index is 0. The van der Waals surface area contributed by atoms with Gasteiger partial charge in [0.1, 0.15) is 18.3 Å². The zero-order valence-electron chi connectivity index (χ0n) is 16.5. The molecule has 2 heterocycles. The molecule has 1 aromatic rings. The summed E-state index contributed by atoms with van der Waals surface area (Å²) in [4.78, 5) is 46.2. The first kappa shape index (κ1) is 33.9. The molecule has 14 nitrogen and oxygen atoms in total. The normalized spacial score (nSPS) is 25.3. The fraction of sp³-hybridized carbons (Fsp3) is 0.600. The molecule has 5 atom stereocenters. The van der Waals surface area contributed by atoms with Crippen LogP contribution in [0.3, 0.4) is 0 Å². The van der Waals surface area contributed by atoms with Crippen molar-refractivity contribution in [3.8, 4) is 5.75 Å². The molecule has 0 bridgehead atoms. The predicted octanol–water partition coefficient (Wildman–Crippen LogP) is -12.7. The number of nitrogens with one attached hydrogen (secondary N) is 1. The van der Waals surface area contributed by atoms with Crippen LogP contribution < -0.4 is 114 Å². The number of aromatic nitrogens is 2. The Morgan fingerprint density at radius 3 is 2.30 bits per heavy atom. The molecular formula is C10H13BN2Na3O12P2. The summed E-state index contributed by atoms with van der Waals surface area (Å²) in [5.74, 6) is -0.291. The molecule has 0 aliphatic carbocycles. The topological polar surface area (TPSA) is 212 Å². The van der Waals surface area contributed by atoms with Gasteiger partial charge in [0.05, 0.1) is 35.2 Å². The average molecular weight is 495 g/mol. The summed E-state index contributed by atoms with van der Waals surface area (Å²) < 4.78 is 40.7. The predicted molar refractivity (Wildman–Crippen MR) is 81.8 cm³/mol. The molecule has 1 saturated heterocycles. The number of aliphatic hydroxyl groups is 2. The first-order valence-corrected chi connectivity index (χ1v) is 10.1. The van der Waals surface area contributed by atoms with Gasteiger partial charge in [0.25, 0.3) is 5.56 Å². The summed E-state index contributed by atoms with van der Waals surface area (Å²) in [6.45, 7) is -0.863. The summed E-state index contributed by atoms with van der Waals surface area (Å²) in [5, 5.41) is 20.0. The largest absolute Gasteiger partial charge is 1.00 e. The van der Waals surface area contributed by atoms with Gasteiger partial charge < -0.3 is 55.0 Å². The van der Waals surface area contributed by atoms with Crippen molar-refractivity contribution < 1.29 is 136 Å². The van der Waals surface area contributed by atoms with Crippen molar-refractivity contribution in [1.29, 1.82) is 0 Å². The Morgan fingerprint density at radius 2 is 1.80 bits per heavy atom. The van der Waals surface area contributed by atoms with Gasteiger partial charge in [0, 0.05) is 0 Å². The average Bonchev–Trinajstić information content (AvgIpc) is 2.79. The van der Waals surface area contributed by atoms with Gasteiger partial charge in [-0.05, 0) is 0 Å². The first-order chi connectivity index (χ1) is 12.3. The van der Waals surface area contributed by atoms with E-state index in [0.29, 0.717) is 0 Å². The second-order valence-electron chi connectivity index (χ2n) is 5.27. The van der Waals surface area contributed by atoms with Gasteiger partial charge in [-0.1, -0.05) is 0 Å². The molecule has 1 aliphatic heterocycles. The molecule has 1 aromatic heterocycles.